The highest BCUT2D eigenvalue weighted by molar-refractivity contribution is 8.03. The van der Waals surface area contributed by atoms with Crippen LogP contribution in [0, 0.1) is 16.0 Å². The fourth-order valence-corrected chi connectivity index (χ4v) is 4.19. The number of hydrogen-bond donors (Lipinski definition) is 3. The number of thioether (sulfide) groups is 1. The molecule has 2 atom stereocenters. The number of rotatable bonds is 6. The number of aromatic nitrogens is 2. The number of urea groups is 1. The Morgan fingerprint density at radius 1 is 1.48 bits per heavy atom. The molecule has 2 amide bonds. The van der Waals surface area contributed by atoms with E-state index in [2.05, 4.69) is 20.8 Å². The van der Waals surface area contributed by atoms with Crippen LogP contribution in [0.1, 0.15) is 18.5 Å². The third kappa shape index (κ3) is 4.81. The molecule has 0 aliphatic carbocycles. The zero-order valence-electron chi connectivity index (χ0n) is 15.0. The van der Waals surface area contributed by atoms with E-state index in [1.165, 1.54) is 18.2 Å². The van der Waals surface area contributed by atoms with Crippen LogP contribution in [0.15, 0.2) is 39.7 Å². The number of ether oxygens (including phenoxy) is 1. The molecule has 1 aromatic heterocycles. The lowest BCUT2D eigenvalue weighted by molar-refractivity contribution is -0.384. The summed E-state index contributed by atoms with van der Waals surface area (Å²) < 4.78 is 5.70. The number of carbonyl (C=O) groups is 2. The second-order valence-corrected chi connectivity index (χ2v) is 7.88. The number of anilines is 1. The zero-order valence-corrected chi connectivity index (χ0v) is 16.7. The van der Waals surface area contributed by atoms with Crippen LogP contribution in [0.4, 0.5) is 15.6 Å². The third-order valence-electron chi connectivity index (χ3n) is 3.90. The Bertz CT molecular complexity index is 978. The normalized spacial score (nSPS) is 20.0. The third-order valence-corrected chi connectivity index (χ3v) is 5.64. The Morgan fingerprint density at radius 2 is 2.28 bits per heavy atom. The predicted molar refractivity (Wildman–Crippen MR) is 106 cm³/mol. The van der Waals surface area contributed by atoms with Gasteiger partial charge >= 0.3 is 12.0 Å². The van der Waals surface area contributed by atoms with Crippen LogP contribution >= 0.6 is 23.1 Å². The molecule has 1 fully saturated rings. The largest absolute Gasteiger partial charge is 0.465 e. The molecule has 0 unspecified atom stereocenters. The fourth-order valence-electron chi connectivity index (χ4n) is 2.74. The maximum Gasteiger partial charge on any atom is 0.319 e. The minimum Gasteiger partial charge on any atom is -0.465 e. The first kappa shape index (κ1) is 20.5. The monoisotopic (exact) mass is 436 g/mol. The van der Waals surface area contributed by atoms with Gasteiger partial charge in [-0.3, -0.25) is 14.9 Å². The van der Waals surface area contributed by atoms with Gasteiger partial charge in [0.1, 0.15) is 5.92 Å². The molecule has 3 rings (SSSR count). The topological polar surface area (TPSA) is 162 Å². The van der Waals surface area contributed by atoms with Crippen LogP contribution in [0.3, 0.4) is 0 Å². The molecule has 2 heterocycles. The summed E-state index contributed by atoms with van der Waals surface area (Å²) in [4.78, 5) is 35.5. The van der Waals surface area contributed by atoms with Gasteiger partial charge in [0, 0.05) is 17.8 Å². The zero-order chi connectivity index (χ0) is 21.0. The molecule has 0 spiro atoms. The van der Waals surface area contributed by atoms with Gasteiger partial charge in [-0.15, -0.1) is 10.2 Å². The van der Waals surface area contributed by atoms with Gasteiger partial charge in [-0.2, -0.15) is 0 Å². The number of esters is 1. The van der Waals surface area contributed by atoms with Crippen molar-refractivity contribution in [1.82, 2.24) is 20.8 Å². The second-order valence-electron chi connectivity index (χ2n) is 5.76. The molecule has 13 heteroatoms. The molecular weight excluding hydrogens is 420 g/mol. The van der Waals surface area contributed by atoms with E-state index in [0.717, 1.165) is 23.1 Å². The van der Waals surface area contributed by atoms with Crippen molar-refractivity contribution in [1.29, 1.82) is 0 Å². The summed E-state index contributed by atoms with van der Waals surface area (Å²) in [5, 5.41) is 25.8. The summed E-state index contributed by atoms with van der Waals surface area (Å²) in [5.41, 5.74) is 6.10. The second kappa shape index (κ2) is 8.87. The Labute approximate surface area is 172 Å². The first-order chi connectivity index (χ1) is 13.9. The molecule has 11 nitrogen and oxygen atoms in total. The number of nitro benzene ring substituents is 1. The number of nitrogens with zero attached hydrogens (tertiary/aromatic N) is 3. The summed E-state index contributed by atoms with van der Waals surface area (Å²) >= 11 is 2.29. The molecule has 2 aromatic rings. The van der Waals surface area contributed by atoms with Crippen molar-refractivity contribution in [2.75, 3.05) is 12.3 Å². The highest BCUT2D eigenvalue weighted by atomic mass is 32.2. The number of amides is 2. The van der Waals surface area contributed by atoms with Gasteiger partial charge in [0.2, 0.25) is 5.13 Å². The summed E-state index contributed by atoms with van der Waals surface area (Å²) in [7, 11) is 0. The lowest BCUT2D eigenvalue weighted by Crippen LogP contribution is -2.51. The first-order valence-corrected chi connectivity index (χ1v) is 10.0. The van der Waals surface area contributed by atoms with E-state index in [1.54, 1.807) is 18.4 Å². The number of non-ortho nitro benzene ring substituents is 1. The summed E-state index contributed by atoms with van der Waals surface area (Å²) in [6.07, 6.45) is 0. The average molecular weight is 436 g/mol. The van der Waals surface area contributed by atoms with E-state index in [9.17, 15) is 19.7 Å². The maximum absolute atomic E-state index is 12.7. The number of benzene rings is 1. The Kier molecular flexibility index (Phi) is 6.29. The lowest BCUT2D eigenvalue weighted by Gasteiger charge is -2.33. The molecule has 152 valence electrons. The fraction of sp³-hybridized carbons (Fsp3) is 0.250. The highest BCUT2D eigenvalue weighted by Crippen LogP contribution is 2.35. The Hall–Kier alpha value is -3.19. The van der Waals surface area contributed by atoms with Crippen molar-refractivity contribution >= 4 is 45.9 Å². The van der Waals surface area contributed by atoms with Crippen molar-refractivity contribution in [2.45, 2.75) is 17.3 Å². The molecule has 1 aliphatic rings. The van der Waals surface area contributed by atoms with Crippen LogP contribution in [-0.2, 0) is 9.53 Å². The van der Waals surface area contributed by atoms with Gasteiger partial charge < -0.3 is 21.1 Å². The molecule has 29 heavy (non-hydrogen) atoms. The smallest absolute Gasteiger partial charge is 0.319 e. The Balaban J connectivity index is 1.98. The van der Waals surface area contributed by atoms with Gasteiger partial charge in [-0.1, -0.05) is 35.2 Å². The highest BCUT2D eigenvalue weighted by Gasteiger charge is 2.40. The van der Waals surface area contributed by atoms with Crippen molar-refractivity contribution < 1.29 is 19.2 Å². The predicted octanol–water partition coefficient (Wildman–Crippen LogP) is 2.20. The Morgan fingerprint density at radius 3 is 2.93 bits per heavy atom. The summed E-state index contributed by atoms with van der Waals surface area (Å²) in [6, 6.07) is 4.34. The maximum atomic E-state index is 12.7. The molecule has 1 saturated heterocycles. The minimum absolute atomic E-state index is 0.137. The van der Waals surface area contributed by atoms with E-state index in [1.807, 2.05) is 0 Å². The SMILES string of the molecule is CCOC(=O)[C@@H]1/C(=C\Sc2nnc(N)s2)NC(=O)N[C@H]1c1cccc([N+](=O)[O-])c1. The molecule has 1 aliphatic heterocycles. The molecule has 4 N–H and O–H groups in total. The van der Waals surface area contributed by atoms with Crippen LogP contribution in [0.2, 0.25) is 0 Å². The average Bonchev–Trinajstić information content (AvgIpc) is 3.11. The van der Waals surface area contributed by atoms with Gasteiger partial charge in [0.15, 0.2) is 4.34 Å². The van der Waals surface area contributed by atoms with Crippen LogP contribution in [0.25, 0.3) is 0 Å². The van der Waals surface area contributed by atoms with Crippen molar-refractivity contribution in [3.63, 3.8) is 0 Å². The summed E-state index contributed by atoms with van der Waals surface area (Å²) in [6.45, 7) is 1.80. The lowest BCUT2D eigenvalue weighted by atomic mass is 9.89. The van der Waals surface area contributed by atoms with E-state index in [0.29, 0.717) is 9.90 Å². The standard InChI is InChI=1S/C16H16N6O5S2/c1-2-27-13(23)11-10(7-28-16-21-20-14(17)29-16)18-15(24)19-12(11)8-4-3-5-9(6-8)22(25)26/h3-7,11-12H,2H2,1H3,(H2,17,20)(H2,18,19,24)/b10-7+/t11-,12+/m1/s1. The number of nitrogens with two attached hydrogens (primary N) is 1. The molecule has 0 saturated carbocycles. The summed E-state index contributed by atoms with van der Waals surface area (Å²) in [5.74, 6) is -1.52. The van der Waals surface area contributed by atoms with Crippen molar-refractivity contribution in [3.05, 3.63) is 51.0 Å². The van der Waals surface area contributed by atoms with Crippen LogP contribution < -0.4 is 16.4 Å². The van der Waals surface area contributed by atoms with E-state index in [4.69, 9.17) is 10.5 Å². The van der Waals surface area contributed by atoms with Gasteiger partial charge in [0.25, 0.3) is 5.69 Å². The van der Waals surface area contributed by atoms with Gasteiger partial charge in [-0.25, -0.2) is 4.79 Å². The molecule has 0 radical (unpaired) electrons. The van der Waals surface area contributed by atoms with Gasteiger partial charge in [0.05, 0.1) is 17.6 Å². The molecular formula is C16H16N6O5S2. The van der Waals surface area contributed by atoms with Crippen LogP contribution in [-0.4, -0.2) is 33.7 Å². The molecule has 0 bridgehead atoms. The number of nitrogens with one attached hydrogen (secondary N) is 2. The molecule has 1 aromatic carbocycles. The number of hydrogen-bond acceptors (Lipinski definition) is 10. The van der Waals surface area contributed by atoms with Gasteiger partial charge in [-0.05, 0) is 17.9 Å². The number of carbonyl (C=O) groups excluding carboxylic acids is 2. The van der Waals surface area contributed by atoms with Crippen LogP contribution in [0.5, 0.6) is 0 Å². The first-order valence-electron chi connectivity index (χ1n) is 8.33. The van der Waals surface area contributed by atoms with E-state index < -0.39 is 28.9 Å². The quantitative estimate of drug-likeness (QED) is 0.266. The number of nitro groups is 1. The van der Waals surface area contributed by atoms with E-state index >= 15 is 0 Å². The van der Waals surface area contributed by atoms with Crippen molar-refractivity contribution in [2.24, 2.45) is 5.92 Å². The minimum atomic E-state index is -0.938. The van der Waals surface area contributed by atoms with Crippen molar-refractivity contribution in [3.8, 4) is 0 Å². The number of nitrogen functional groups attached to an aromatic ring is 1. The van der Waals surface area contributed by atoms with E-state index in [-0.39, 0.29) is 23.1 Å².